The predicted octanol–water partition coefficient (Wildman–Crippen LogP) is 2.11. The summed E-state index contributed by atoms with van der Waals surface area (Å²) in [5, 5.41) is 2.74. The molecule has 1 aromatic rings. The number of hydrogen-bond donors (Lipinski definition) is 2. The predicted molar refractivity (Wildman–Crippen MR) is 60.3 cm³/mol. The summed E-state index contributed by atoms with van der Waals surface area (Å²) in [6.45, 7) is 0.595. The number of halogens is 1. The van der Waals surface area contributed by atoms with Gasteiger partial charge in [0.25, 0.3) is 5.91 Å². The van der Waals surface area contributed by atoms with Gasteiger partial charge in [-0.1, -0.05) is 15.9 Å². The van der Waals surface area contributed by atoms with Crippen molar-refractivity contribution in [2.45, 2.75) is 0 Å². The minimum atomic E-state index is -0.0541. The van der Waals surface area contributed by atoms with Crippen LogP contribution in [-0.2, 0) is 0 Å². The van der Waals surface area contributed by atoms with Gasteiger partial charge in [0.15, 0.2) is 0 Å². The van der Waals surface area contributed by atoms with Crippen LogP contribution < -0.4 is 5.32 Å². The summed E-state index contributed by atoms with van der Waals surface area (Å²) in [6.07, 6.45) is 0. The summed E-state index contributed by atoms with van der Waals surface area (Å²) < 4.78 is 0.971. The van der Waals surface area contributed by atoms with E-state index in [1.807, 2.05) is 12.1 Å². The fourth-order valence-corrected chi connectivity index (χ4v) is 1.25. The van der Waals surface area contributed by atoms with Gasteiger partial charge in [0, 0.05) is 22.3 Å². The summed E-state index contributed by atoms with van der Waals surface area (Å²) in [5.41, 5.74) is 0.671. The Hall–Kier alpha value is -0.480. The first-order valence-corrected chi connectivity index (χ1v) is 5.31. The molecule has 1 aromatic carbocycles. The molecule has 1 rings (SSSR count). The lowest BCUT2D eigenvalue weighted by atomic mass is 10.2. The van der Waals surface area contributed by atoms with E-state index >= 15 is 0 Å². The van der Waals surface area contributed by atoms with Gasteiger partial charge in [0.05, 0.1) is 0 Å². The van der Waals surface area contributed by atoms with Crippen molar-refractivity contribution in [1.82, 2.24) is 5.32 Å². The molecular formula is C9H10BrNOS. The van der Waals surface area contributed by atoms with Crippen LogP contribution in [0.2, 0.25) is 0 Å². The van der Waals surface area contributed by atoms with Crippen molar-refractivity contribution in [1.29, 1.82) is 0 Å². The Morgan fingerprint density at radius 1 is 1.38 bits per heavy atom. The standard InChI is InChI=1S/C9H10BrNOS/c10-8-3-1-7(2-4-8)9(12)11-5-6-13/h1-4,13H,5-6H2,(H,11,12). The average Bonchev–Trinajstić information content (AvgIpc) is 2.15. The van der Waals surface area contributed by atoms with Crippen molar-refractivity contribution in [2.24, 2.45) is 0 Å². The summed E-state index contributed by atoms with van der Waals surface area (Å²) in [5.74, 6) is 0.601. The highest BCUT2D eigenvalue weighted by Crippen LogP contribution is 2.10. The number of amides is 1. The van der Waals surface area contributed by atoms with E-state index in [2.05, 4.69) is 33.9 Å². The van der Waals surface area contributed by atoms with E-state index in [4.69, 9.17) is 0 Å². The Kier molecular flexibility index (Phi) is 4.32. The number of nitrogens with one attached hydrogen (secondary N) is 1. The zero-order valence-electron chi connectivity index (χ0n) is 6.96. The van der Waals surface area contributed by atoms with Crippen molar-refractivity contribution in [3.63, 3.8) is 0 Å². The van der Waals surface area contributed by atoms with Gasteiger partial charge >= 0.3 is 0 Å². The molecule has 0 saturated carbocycles. The number of benzene rings is 1. The number of carbonyl (C=O) groups excluding carboxylic acids is 1. The van der Waals surface area contributed by atoms with Crippen molar-refractivity contribution in [3.8, 4) is 0 Å². The lowest BCUT2D eigenvalue weighted by Crippen LogP contribution is -2.25. The average molecular weight is 260 g/mol. The quantitative estimate of drug-likeness (QED) is 0.801. The van der Waals surface area contributed by atoms with Gasteiger partial charge < -0.3 is 5.32 Å². The Morgan fingerprint density at radius 3 is 2.54 bits per heavy atom. The minimum absolute atomic E-state index is 0.0541. The number of hydrogen-bond acceptors (Lipinski definition) is 2. The maximum Gasteiger partial charge on any atom is 0.251 e. The van der Waals surface area contributed by atoms with E-state index < -0.39 is 0 Å². The molecular weight excluding hydrogens is 250 g/mol. The van der Waals surface area contributed by atoms with Gasteiger partial charge in [-0.2, -0.15) is 12.6 Å². The summed E-state index contributed by atoms with van der Waals surface area (Å²) >= 11 is 7.31. The lowest BCUT2D eigenvalue weighted by molar-refractivity contribution is 0.0956. The van der Waals surface area contributed by atoms with Crippen LogP contribution in [0, 0.1) is 0 Å². The number of thiol groups is 1. The van der Waals surface area contributed by atoms with Crippen LogP contribution in [0.1, 0.15) is 10.4 Å². The molecule has 0 aliphatic rings. The molecule has 0 aromatic heterocycles. The normalized spacial score (nSPS) is 9.69. The van der Waals surface area contributed by atoms with E-state index in [1.165, 1.54) is 0 Å². The summed E-state index contributed by atoms with van der Waals surface area (Å²) in [4.78, 5) is 11.4. The fourth-order valence-electron chi connectivity index (χ4n) is 0.873. The zero-order chi connectivity index (χ0) is 9.68. The Morgan fingerprint density at radius 2 is 2.00 bits per heavy atom. The molecule has 0 heterocycles. The molecule has 1 N–H and O–H groups in total. The van der Waals surface area contributed by atoms with E-state index in [9.17, 15) is 4.79 Å². The van der Waals surface area contributed by atoms with Gasteiger partial charge in [-0.25, -0.2) is 0 Å². The Balaban J connectivity index is 2.61. The maximum absolute atomic E-state index is 11.4. The third kappa shape index (κ3) is 3.40. The van der Waals surface area contributed by atoms with E-state index in [0.29, 0.717) is 17.9 Å². The number of carbonyl (C=O) groups is 1. The third-order valence-corrected chi connectivity index (χ3v) is 2.26. The monoisotopic (exact) mass is 259 g/mol. The zero-order valence-corrected chi connectivity index (χ0v) is 9.44. The van der Waals surface area contributed by atoms with Crippen LogP contribution in [0.5, 0.6) is 0 Å². The topological polar surface area (TPSA) is 29.1 Å². The SMILES string of the molecule is O=C(NCCS)c1ccc(Br)cc1. The molecule has 0 unspecified atom stereocenters. The fraction of sp³-hybridized carbons (Fsp3) is 0.222. The van der Waals surface area contributed by atoms with Gasteiger partial charge in [0.2, 0.25) is 0 Å². The first-order chi connectivity index (χ1) is 6.24. The molecule has 0 fully saturated rings. The largest absolute Gasteiger partial charge is 0.351 e. The van der Waals surface area contributed by atoms with Crippen molar-refractivity contribution >= 4 is 34.5 Å². The second-order valence-electron chi connectivity index (χ2n) is 2.49. The lowest BCUT2D eigenvalue weighted by Gasteiger charge is -2.02. The summed E-state index contributed by atoms with van der Waals surface area (Å²) in [7, 11) is 0. The van der Waals surface area contributed by atoms with E-state index in [1.54, 1.807) is 12.1 Å². The van der Waals surface area contributed by atoms with Crippen molar-refractivity contribution in [2.75, 3.05) is 12.3 Å². The summed E-state index contributed by atoms with van der Waals surface area (Å²) in [6, 6.07) is 7.24. The van der Waals surface area contributed by atoms with Crippen LogP contribution in [0.25, 0.3) is 0 Å². The van der Waals surface area contributed by atoms with Crippen LogP contribution in [0.4, 0.5) is 0 Å². The molecule has 0 bridgehead atoms. The molecule has 0 atom stereocenters. The van der Waals surface area contributed by atoms with Crippen LogP contribution >= 0.6 is 28.6 Å². The van der Waals surface area contributed by atoms with Crippen molar-refractivity contribution in [3.05, 3.63) is 34.3 Å². The second-order valence-corrected chi connectivity index (χ2v) is 3.85. The van der Waals surface area contributed by atoms with Gasteiger partial charge in [0.1, 0.15) is 0 Å². The Bertz CT molecular complexity index is 286. The smallest absolute Gasteiger partial charge is 0.251 e. The highest BCUT2D eigenvalue weighted by molar-refractivity contribution is 9.10. The molecule has 4 heteroatoms. The number of rotatable bonds is 3. The van der Waals surface area contributed by atoms with Crippen LogP contribution in [-0.4, -0.2) is 18.2 Å². The molecule has 13 heavy (non-hydrogen) atoms. The Labute approximate surface area is 91.3 Å². The highest BCUT2D eigenvalue weighted by atomic mass is 79.9. The van der Waals surface area contributed by atoms with Crippen molar-refractivity contribution < 1.29 is 4.79 Å². The van der Waals surface area contributed by atoms with Gasteiger partial charge in [-0.3, -0.25) is 4.79 Å². The first-order valence-electron chi connectivity index (χ1n) is 3.88. The van der Waals surface area contributed by atoms with Gasteiger partial charge in [-0.15, -0.1) is 0 Å². The van der Waals surface area contributed by atoms with E-state index in [-0.39, 0.29) is 5.91 Å². The highest BCUT2D eigenvalue weighted by Gasteiger charge is 2.02. The molecule has 2 nitrogen and oxygen atoms in total. The maximum atomic E-state index is 11.4. The molecule has 0 saturated heterocycles. The molecule has 0 aliphatic carbocycles. The molecule has 0 radical (unpaired) electrons. The van der Waals surface area contributed by atoms with Crippen LogP contribution in [0.15, 0.2) is 28.7 Å². The minimum Gasteiger partial charge on any atom is -0.351 e. The third-order valence-electron chi connectivity index (χ3n) is 1.50. The van der Waals surface area contributed by atoms with E-state index in [0.717, 1.165) is 4.47 Å². The van der Waals surface area contributed by atoms with Crippen LogP contribution in [0.3, 0.4) is 0 Å². The van der Waals surface area contributed by atoms with Gasteiger partial charge in [-0.05, 0) is 24.3 Å². The molecule has 1 amide bonds. The molecule has 0 spiro atoms. The molecule has 70 valence electrons. The first kappa shape index (κ1) is 10.6. The second kappa shape index (κ2) is 5.29. The molecule has 0 aliphatic heterocycles.